The van der Waals surface area contributed by atoms with Gasteiger partial charge in [0.2, 0.25) is 0 Å². The summed E-state index contributed by atoms with van der Waals surface area (Å²) in [6.07, 6.45) is 6.21. The molecular weight excluding hydrogens is 162 g/mol. The minimum Gasteiger partial charge on any atom is -0.321 e. The Kier molecular flexibility index (Phi) is 5.81. The van der Waals surface area contributed by atoms with E-state index in [0.29, 0.717) is 12.8 Å². The Morgan fingerprint density at radius 2 is 2.15 bits per heavy atom. The van der Waals surface area contributed by atoms with Gasteiger partial charge in [-0.3, -0.25) is 4.79 Å². The van der Waals surface area contributed by atoms with Crippen molar-refractivity contribution >= 4 is 5.78 Å². The number of carbonyl (C=O) groups is 1. The SMILES string of the molecule is C=C/C=C(\C=C)CC(N)C(=O)CC. The molecule has 2 nitrogen and oxygen atoms in total. The molecule has 0 spiro atoms. The van der Waals surface area contributed by atoms with E-state index < -0.39 is 6.04 Å². The van der Waals surface area contributed by atoms with E-state index in [1.807, 2.05) is 13.0 Å². The smallest absolute Gasteiger partial charge is 0.149 e. The molecule has 72 valence electrons. The van der Waals surface area contributed by atoms with Crippen LogP contribution in [0.4, 0.5) is 0 Å². The van der Waals surface area contributed by atoms with Crippen LogP contribution in [0.1, 0.15) is 19.8 Å². The van der Waals surface area contributed by atoms with Gasteiger partial charge in [-0.2, -0.15) is 0 Å². The molecule has 0 bridgehead atoms. The highest BCUT2D eigenvalue weighted by molar-refractivity contribution is 5.83. The maximum absolute atomic E-state index is 11.2. The van der Waals surface area contributed by atoms with Gasteiger partial charge in [0.25, 0.3) is 0 Å². The summed E-state index contributed by atoms with van der Waals surface area (Å²) < 4.78 is 0. The monoisotopic (exact) mass is 179 g/mol. The zero-order chi connectivity index (χ0) is 10.3. The second-order valence-corrected chi connectivity index (χ2v) is 2.81. The number of Topliss-reactive ketones (excluding diaryl/α,β-unsaturated/α-hetero) is 1. The molecule has 2 heteroatoms. The molecule has 1 unspecified atom stereocenters. The van der Waals surface area contributed by atoms with Crippen LogP contribution < -0.4 is 5.73 Å². The van der Waals surface area contributed by atoms with E-state index in [1.54, 1.807) is 12.2 Å². The van der Waals surface area contributed by atoms with E-state index in [0.717, 1.165) is 5.57 Å². The number of rotatable bonds is 6. The molecule has 0 fully saturated rings. The molecule has 0 aromatic rings. The standard InChI is InChI=1S/C11H17NO/c1-4-7-9(5-2)8-10(12)11(13)6-3/h4-5,7,10H,1-2,6,8,12H2,3H3/b9-7+. The van der Waals surface area contributed by atoms with Gasteiger partial charge in [0, 0.05) is 6.42 Å². The Morgan fingerprint density at radius 3 is 2.54 bits per heavy atom. The summed E-state index contributed by atoms with van der Waals surface area (Å²) >= 11 is 0. The van der Waals surface area contributed by atoms with Crippen LogP contribution in [0, 0.1) is 0 Å². The minimum atomic E-state index is -0.408. The highest BCUT2D eigenvalue weighted by atomic mass is 16.1. The fourth-order valence-electron chi connectivity index (χ4n) is 1.00. The van der Waals surface area contributed by atoms with Gasteiger partial charge in [-0.05, 0) is 12.0 Å². The number of carbonyl (C=O) groups excluding carboxylic acids is 1. The topological polar surface area (TPSA) is 43.1 Å². The lowest BCUT2D eigenvalue weighted by atomic mass is 10.0. The van der Waals surface area contributed by atoms with Crippen LogP contribution in [0.5, 0.6) is 0 Å². The van der Waals surface area contributed by atoms with Crippen molar-refractivity contribution in [3.05, 3.63) is 37.0 Å². The van der Waals surface area contributed by atoms with Gasteiger partial charge in [-0.25, -0.2) is 0 Å². The Hall–Kier alpha value is -1.15. The van der Waals surface area contributed by atoms with Gasteiger partial charge in [0.15, 0.2) is 0 Å². The summed E-state index contributed by atoms with van der Waals surface area (Å²) in [5.74, 6) is 0.0804. The van der Waals surface area contributed by atoms with Gasteiger partial charge in [-0.15, -0.1) is 0 Å². The summed E-state index contributed by atoms with van der Waals surface area (Å²) in [5.41, 5.74) is 6.61. The van der Waals surface area contributed by atoms with Gasteiger partial charge < -0.3 is 5.73 Å². The lowest BCUT2D eigenvalue weighted by Gasteiger charge is -2.09. The van der Waals surface area contributed by atoms with E-state index in [4.69, 9.17) is 5.73 Å². The first-order valence-electron chi connectivity index (χ1n) is 4.38. The number of ketones is 1. The van der Waals surface area contributed by atoms with Crippen LogP contribution in [0.25, 0.3) is 0 Å². The quantitative estimate of drug-likeness (QED) is 0.633. The first-order chi connectivity index (χ1) is 6.15. The summed E-state index contributed by atoms with van der Waals surface area (Å²) in [5, 5.41) is 0. The van der Waals surface area contributed by atoms with Crippen molar-refractivity contribution < 1.29 is 4.79 Å². The normalized spacial score (nSPS) is 13.5. The maximum Gasteiger partial charge on any atom is 0.149 e. The second-order valence-electron chi connectivity index (χ2n) is 2.81. The first-order valence-corrected chi connectivity index (χ1v) is 4.38. The van der Waals surface area contributed by atoms with Crippen molar-refractivity contribution in [2.24, 2.45) is 5.73 Å². The van der Waals surface area contributed by atoms with Gasteiger partial charge in [0.1, 0.15) is 5.78 Å². The summed E-state index contributed by atoms with van der Waals surface area (Å²) in [6, 6.07) is -0.408. The zero-order valence-electron chi connectivity index (χ0n) is 8.12. The summed E-state index contributed by atoms with van der Waals surface area (Å²) in [6.45, 7) is 9.02. The fourth-order valence-corrected chi connectivity index (χ4v) is 1.00. The Labute approximate surface area is 79.8 Å². The van der Waals surface area contributed by atoms with E-state index in [-0.39, 0.29) is 5.78 Å². The maximum atomic E-state index is 11.2. The predicted octanol–water partition coefficient (Wildman–Crippen LogP) is 1.98. The molecule has 0 radical (unpaired) electrons. The van der Waals surface area contributed by atoms with Crippen molar-refractivity contribution in [3.63, 3.8) is 0 Å². The lowest BCUT2D eigenvalue weighted by molar-refractivity contribution is -0.119. The largest absolute Gasteiger partial charge is 0.321 e. The second kappa shape index (κ2) is 6.38. The van der Waals surface area contributed by atoms with Crippen molar-refractivity contribution in [2.45, 2.75) is 25.8 Å². The average molecular weight is 179 g/mol. The number of allylic oxidation sites excluding steroid dienone is 3. The van der Waals surface area contributed by atoms with Crippen LogP contribution in [-0.4, -0.2) is 11.8 Å². The minimum absolute atomic E-state index is 0.0804. The van der Waals surface area contributed by atoms with E-state index in [2.05, 4.69) is 13.2 Å². The molecule has 13 heavy (non-hydrogen) atoms. The number of hydrogen-bond acceptors (Lipinski definition) is 2. The van der Waals surface area contributed by atoms with Crippen molar-refractivity contribution in [2.75, 3.05) is 0 Å². The lowest BCUT2D eigenvalue weighted by Crippen LogP contribution is -2.30. The van der Waals surface area contributed by atoms with Crippen molar-refractivity contribution in [1.82, 2.24) is 0 Å². The highest BCUT2D eigenvalue weighted by Gasteiger charge is 2.11. The third-order valence-corrected chi connectivity index (χ3v) is 1.81. The van der Waals surface area contributed by atoms with Gasteiger partial charge in [-0.1, -0.05) is 38.3 Å². The zero-order valence-corrected chi connectivity index (χ0v) is 8.12. The number of nitrogens with two attached hydrogens (primary N) is 1. The van der Waals surface area contributed by atoms with Crippen LogP contribution in [0.15, 0.2) is 37.0 Å². The molecule has 0 aromatic carbocycles. The molecule has 0 aliphatic rings. The summed E-state index contributed by atoms with van der Waals surface area (Å²) in [4.78, 5) is 11.2. The van der Waals surface area contributed by atoms with Crippen LogP contribution in [0.2, 0.25) is 0 Å². The molecular formula is C11H17NO. The number of hydrogen-bond donors (Lipinski definition) is 1. The average Bonchev–Trinajstić information content (AvgIpc) is 2.15. The van der Waals surface area contributed by atoms with Crippen LogP contribution in [-0.2, 0) is 4.79 Å². The summed E-state index contributed by atoms with van der Waals surface area (Å²) in [7, 11) is 0. The Bertz CT molecular complexity index is 228. The molecule has 0 heterocycles. The van der Waals surface area contributed by atoms with E-state index in [1.165, 1.54) is 0 Å². The van der Waals surface area contributed by atoms with Crippen molar-refractivity contribution in [3.8, 4) is 0 Å². The molecule has 0 aromatic heterocycles. The Morgan fingerprint density at radius 1 is 1.54 bits per heavy atom. The Balaban J connectivity index is 4.24. The molecule has 0 saturated carbocycles. The highest BCUT2D eigenvalue weighted by Crippen LogP contribution is 2.07. The van der Waals surface area contributed by atoms with Gasteiger partial charge >= 0.3 is 0 Å². The van der Waals surface area contributed by atoms with Gasteiger partial charge in [0.05, 0.1) is 6.04 Å². The fraction of sp³-hybridized carbons (Fsp3) is 0.364. The van der Waals surface area contributed by atoms with Crippen LogP contribution >= 0.6 is 0 Å². The first kappa shape index (κ1) is 11.8. The predicted molar refractivity (Wildman–Crippen MR) is 56.4 cm³/mol. The molecule has 2 N–H and O–H groups in total. The molecule has 1 atom stereocenters. The molecule has 0 aliphatic heterocycles. The molecule has 0 aliphatic carbocycles. The van der Waals surface area contributed by atoms with E-state index >= 15 is 0 Å². The van der Waals surface area contributed by atoms with Crippen LogP contribution in [0.3, 0.4) is 0 Å². The van der Waals surface area contributed by atoms with E-state index in [9.17, 15) is 4.79 Å². The molecule has 0 saturated heterocycles. The third kappa shape index (κ3) is 4.43. The molecule has 0 amide bonds. The van der Waals surface area contributed by atoms with Crippen molar-refractivity contribution in [1.29, 1.82) is 0 Å². The molecule has 0 rings (SSSR count). The third-order valence-electron chi connectivity index (χ3n) is 1.81.